The zero-order valence-corrected chi connectivity index (χ0v) is 10.9. The quantitative estimate of drug-likeness (QED) is 0.921. The predicted octanol–water partition coefficient (Wildman–Crippen LogP) is 2.96. The van der Waals surface area contributed by atoms with Crippen LogP contribution >= 0.6 is 11.6 Å². The molecule has 1 fully saturated rings. The van der Waals surface area contributed by atoms with Crippen molar-refractivity contribution in [1.29, 1.82) is 0 Å². The minimum absolute atomic E-state index is 0.572. The first-order valence-electron chi connectivity index (χ1n) is 6.33. The fourth-order valence-electron chi connectivity index (χ4n) is 2.39. The lowest BCUT2D eigenvalue weighted by atomic mass is 10.1. The van der Waals surface area contributed by atoms with Crippen LogP contribution in [0.2, 0.25) is 5.02 Å². The van der Waals surface area contributed by atoms with Gasteiger partial charge in [-0.3, -0.25) is 4.68 Å². The van der Waals surface area contributed by atoms with Crippen molar-refractivity contribution in [1.82, 2.24) is 15.1 Å². The normalized spacial score (nSPS) is 19.3. The van der Waals surface area contributed by atoms with Crippen molar-refractivity contribution in [3.63, 3.8) is 0 Å². The summed E-state index contributed by atoms with van der Waals surface area (Å²) in [4.78, 5) is 0. The van der Waals surface area contributed by atoms with Crippen LogP contribution in [0.15, 0.2) is 36.7 Å². The van der Waals surface area contributed by atoms with E-state index in [4.69, 9.17) is 11.6 Å². The number of halogens is 1. The van der Waals surface area contributed by atoms with E-state index in [1.807, 2.05) is 35.1 Å². The number of nitrogens with one attached hydrogen (secondary N) is 1. The molecule has 0 saturated carbocycles. The first-order valence-corrected chi connectivity index (χ1v) is 6.71. The van der Waals surface area contributed by atoms with Gasteiger partial charge in [0.1, 0.15) is 0 Å². The third kappa shape index (κ3) is 2.57. The van der Waals surface area contributed by atoms with Crippen molar-refractivity contribution in [3.8, 4) is 11.1 Å². The molecule has 2 aromatic rings. The highest BCUT2D eigenvalue weighted by Crippen LogP contribution is 2.21. The maximum Gasteiger partial charge on any atom is 0.0568 e. The van der Waals surface area contributed by atoms with Crippen molar-refractivity contribution < 1.29 is 0 Å². The van der Waals surface area contributed by atoms with Crippen LogP contribution in [0.3, 0.4) is 0 Å². The minimum Gasteiger partial charge on any atom is -0.312 e. The predicted molar refractivity (Wildman–Crippen MR) is 73.7 cm³/mol. The summed E-state index contributed by atoms with van der Waals surface area (Å²) < 4.78 is 2.02. The Morgan fingerprint density at radius 2 is 2.11 bits per heavy atom. The fraction of sp³-hybridized carbons (Fsp3) is 0.357. The van der Waals surface area contributed by atoms with Gasteiger partial charge in [0.25, 0.3) is 0 Å². The van der Waals surface area contributed by atoms with Gasteiger partial charge in [0.2, 0.25) is 0 Å². The number of benzene rings is 1. The largest absolute Gasteiger partial charge is 0.312 e. The average Bonchev–Trinajstić information content (AvgIpc) is 3.02. The summed E-state index contributed by atoms with van der Waals surface area (Å²) in [6.45, 7) is 2.09. The summed E-state index contributed by atoms with van der Waals surface area (Å²) >= 11 is 5.89. The molecular formula is C14H16ClN3. The molecule has 0 radical (unpaired) electrons. The lowest BCUT2D eigenvalue weighted by Gasteiger charge is -2.09. The van der Waals surface area contributed by atoms with E-state index in [0.717, 1.165) is 29.2 Å². The third-order valence-electron chi connectivity index (χ3n) is 3.38. The van der Waals surface area contributed by atoms with Crippen LogP contribution in [0.1, 0.15) is 12.8 Å². The summed E-state index contributed by atoms with van der Waals surface area (Å²) in [5.41, 5.74) is 2.30. The molecule has 0 amide bonds. The molecule has 1 aromatic carbocycles. The van der Waals surface area contributed by atoms with E-state index in [0.29, 0.717) is 6.04 Å². The van der Waals surface area contributed by atoms with Crippen LogP contribution < -0.4 is 5.32 Å². The van der Waals surface area contributed by atoms with Crippen LogP contribution in [0.25, 0.3) is 11.1 Å². The van der Waals surface area contributed by atoms with Gasteiger partial charge >= 0.3 is 0 Å². The standard InChI is InChI=1S/C14H16ClN3/c15-13-5-3-11(4-6-13)12-8-17-18(9-12)10-14-2-1-7-16-14/h3-6,8-9,14,16H,1-2,7,10H2/t14-/m0/s1. The first kappa shape index (κ1) is 11.8. The number of hydrogen-bond donors (Lipinski definition) is 1. The van der Waals surface area contributed by atoms with Crippen LogP contribution in [-0.4, -0.2) is 22.4 Å². The Kier molecular flexibility index (Phi) is 3.35. The molecule has 4 heteroatoms. The minimum atomic E-state index is 0.572. The van der Waals surface area contributed by atoms with E-state index < -0.39 is 0 Å². The van der Waals surface area contributed by atoms with Gasteiger partial charge in [-0.15, -0.1) is 0 Å². The van der Waals surface area contributed by atoms with Gasteiger partial charge in [0.05, 0.1) is 12.7 Å². The summed E-state index contributed by atoms with van der Waals surface area (Å²) in [6.07, 6.45) is 6.54. The Hall–Kier alpha value is -1.32. The molecule has 18 heavy (non-hydrogen) atoms. The monoisotopic (exact) mass is 261 g/mol. The second kappa shape index (κ2) is 5.12. The maximum absolute atomic E-state index is 5.89. The molecule has 1 aromatic heterocycles. The SMILES string of the molecule is Clc1ccc(-c2cnn(C[C@@H]3CCCN3)c2)cc1. The van der Waals surface area contributed by atoms with Gasteiger partial charge < -0.3 is 5.32 Å². The fourth-order valence-corrected chi connectivity index (χ4v) is 2.52. The molecule has 1 saturated heterocycles. The smallest absolute Gasteiger partial charge is 0.0568 e. The Labute approximate surface area is 112 Å². The van der Waals surface area contributed by atoms with Crippen molar-refractivity contribution in [2.24, 2.45) is 0 Å². The van der Waals surface area contributed by atoms with Gasteiger partial charge in [-0.05, 0) is 37.1 Å². The molecule has 0 bridgehead atoms. The molecule has 0 unspecified atom stereocenters. The van der Waals surface area contributed by atoms with Gasteiger partial charge in [-0.1, -0.05) is 23.7 Å². The molecule has 2 heterocycles. The number of nitrogens with zero attached hydrogens (tertiary/aromatic N) is 2. The Bertz CT molecular complexity index is 512. The zero-order valence-electron chi connectivity index (χ0n) is 10.1. The second-order valence-electron chi connectivity index (χ2n) is 4.75. The Balaban J connectivity index is 1.74. The first-order chi connectivity index (χ1) is 8.81. The highest BCUT2D eigenvalue weighted by Gasteiger charge is 2.14. The molecule has 3 nitrogen and oxygen atoms in total. The van der Waals surface area contributed by atoms with E-state index in [2.05, 4.69) is 16.6 Å². The number of aromatic nitrogens is 2. The lowest BCUT2D eigenvalue weighted by Crippen LogP contribution is -2.26. The van der Waals surface area contributed by atoms with Crippen molar-refractivity contribution >= 4 is 11.6 Å². The van der Waals surface area contributed by atoms with Crippen LogP contribution in [0, 0.1) is 0 Å². The highest BCUT2D eigenvalue weighted by molar-refractivity contribution is 6.30. The van der Waals surface area contributed by atoms with E-state index in [1.54, 1.807) is 0 Å². The Morgan fingerprint density at radius 1 is 1.28 bits per heavy atom. The van der Waals surface area contributed by atoms with Gasteiger partial charge in [-0.2, -0.15) is 5.10 Å². The van der Waals surface area contributed by atoms with Crippen molar-refractivity contribution in [2.75, 3.05) is 6.54 Å². The molecule has 94 valence electrons. The highest BCUT2D eigenvalue weighted by atomic mass is 35.5. The molecule has 0 aliphatic carbocycles. The molecular weight excluding hydrogens is 246 g/mol. The van der Waals surface area contributed by atoms with Crippen LogP contribution in [0.5, 0.6) is 0 Å². The van der Waals surface area contributed by atoms with Crippen LogP contribution in [-0.2, 0) is 6.54 Å². The summed E-state index contributed by atoms with van der Waals surface area (Å²) in [5.74, 6) is 0. The van der Waals surface area contributed by atoms with Crippen molar-refractivity contribution in [2.45, 2.75) is 25.4 Å². The molecule has 0 spiro atoms. The van der Waals surface area contributed by atoms with Gasteiger partial charge in [0, 0.05) is 22.8 Å². The van der Waals surface area contributed by atoms with Crippen molar-refractivity contribution in [3.05, 3.63) is 41.7 Å². The average molecular weight is 262 g/mol. The number of hydrogen-bond acceptors (Lipinski definition) is 2. The maximum atomic E-state index is 5.89. The topological polar surface area (TPSA) is 29.9 Å². The zero-order chi connectivity index (χ0) is 12.4. The molecule has 1 aliphatic rings. The molecule has 1 N–H and O–H groups in total. The van der Waals surface area contributed by atoms with E-state index in [1.165, 1.54) is 12.8 Å². The summed E-state index contributed by atoms with van der Waals surface area (Å²) in [5, 5.41) is 8.67. The Morgan fingerprint density at radius 3 is 2.83 bits per heavy atom. The lowest BCUT2D eigenvalue weighted by molar-refractivity contribution is 0.476. The molecule has 1 aliphatic heterocycles. The van der Waals surface area contributed by atoms with E-state index >= 15 is 0 Å². The van der Waals surface area contributed by atoms with Gasteiger partial charge in [0.15, 0.2) is 0 Å². The molecule has 1 atom stereocenters. The van der Waals surface area contributed by atoms with Gasteiger partial charge in [-0.25, -0.2) is 0 Å². The van der Waals surface area contributed by atoms with E-state index in [-0.39, 0.29) is 0 Å². The van der Waals surface area contributed by atoms with Crippen LogP contribution in [0.4, 0.5) is 0 Å². The molecule has 3 rings (SSSR count). The summed E-state index contributed by atoms with van der Waals surface area (Å²) in [6, 6.07) is 8.44. The third-order valence-corrected chi connectivity index (χ3v) is 3.63. The second-order valence-corrected chi connectivity index (χ2v) is 5.19. The summed E-state index contributed by atoms with van der Waals surface area (Å²) in [7, 11) is 0. The number of rotatable bonds is 3. The van der Waals surface area contributed by atoms with E-state index in [9.17, 15) is 0 Å².